The van der Waals surface area contributed by atoms with E-state index in [1.54, 1.807) is 24.3 Å². The highest BCUT2D eigenvalue weighted by atomic mass is 16.6. The van der Waals surface area contributed by atoms with Crippen LogP contribution in [0, 0.1) is 10.1 Å². The van der Waals surface area contributed by atoms with Crippen LogP contribution in [0.3, 0.4) is 0 Å². The summed E-state index contributed by atoms with van der Waals surface area (Å²) >= 11 is 0. The highest BCUT2D eigenvalue weighted by Crippen LogP contribution is 2.17. The van der Waals surface area contributed by atoms with Gasteiger partial charge >= 0.3 is 5.97 Å². The third-order valence-corrected chi connectivity index (χ3v) is 3.39. The third kappa shape index (κ3) is 6.50. The highest BCUT2D eigenvalue weighted by molar-refractivity contribution is 5.88. The average Bonchev–Trinajstić information content (AvgIpc) is 2.69. The van der Waals surface area contributed by atoms with Crippen molar-refractivity contribution in [2.24, 2.45) is 0 Å². The zero-order valence-electron chi connectivity index (χ0n) is 14.2. The van der Waals surface area contributed by atoms with Crippen molar-refractivity contribution in [1.29, 1.82) is 0 Å². The lowest BCUT2D eigenvalue weighted by Crippen LogP contribution is -1.97. The number of nitro benzene ring substituents is 1. The van der Waals surface area contributed by atoms with Crippen LogP contribution < -0.4 is 4.74 Å². The Labute approximate surface area is 155 Å². The smallest absolute Gasteiger partial charge is 0.335 e. The van der Waals surface area contributed by atoms with Gasteiger partial charge in [-0.1, -0.05) is 36.4 Å². The highest BCUT2D eigenvalue weighted by Gasteiger charge is 2.09. The molecule has 7 heteroatoms. The first-order valence-electron chi connectivity index (χ1n) is 7.89. The summed E-state index contributed by atoms with van der Waals surface area (Å²) in [6.45, 7) is 0.547. The molecule has 0 atom stereocenters. The summed E-state index contributed by atoms with van der Waals surface area (Å²) in [7, 11) is 0. The number of nitro groups is 1. The Morgan fingerprint density at radius 2 is 1.63 bits per heavy atom. The Bertz CT molecular complexity index is 865. The van der Waals surface area contributed by atoms with Gasteiger partial charge in [-0.2, -0.15) is 0 Å². The standard InChI is InChI=1S/C13H12O2.C7H5NO4/c14-12-6-8-13(9-7-12)15-10-11-4-2-1-3-5-11;9-7(10)5-2-1-3-6(4-5)8(11)12/h1-9,14H,10H2;1-4H,(H,9,10). The molecule has 0 unspecified atom stereocenters. The molecule has 3 rings (SSSR count). The second-order valence-corrected chi connectivity index (χ2v) is 5.38. The SMILES string of the molecule is O=C(O)c1cccc([N+](=O)[O-])c1.Oc1ccc(OCc2ccccc2)cc1. The van der Waals surface area contributed by atoms with Crippen LogP contribution in [0.1, 0.15) is 15.9 Å². The minimum absolute atomic E-state index is 0.0794. The molecule has 27 heavy (non-hydrogen) atoms. The molecule has 0 radical (unpaired) electrons. The number of aromatic hydroxyl groups is 1. The lowest BCUT2D eigenvalue weighted by molar-refractivity contribution is -0.384. The van der Waals surface area contributed by atoms with E-state index in [1.807, 2.05) is 30.3 Å². The van der Waals surface area contributed by atoms with Crippen LogP contribution in [0.5, 0.6) is 11.5 Å². The van der Waals surface area contributed by atoms with E-state index in [1.165, 1.54) is 18.2 Å². The molecule has 0 fully saturated rings. The monoisotopic (exact) mass is 367 g/mol. The fourth-order valence-corrected chi connectivity index (χ4v) is 2.04. The molecule has 0 heterocycles. The summed E-state index contributed by atoms with van der Waals surface area (Å²) in [5.41, 5.74) is 0.838. The zero-order valence-corrected chi connectivity index (χ0v) is 14.2. The minimum atomic E-state index is -1.17. The molecule has 3 aromatic rings. The van der Waals surface area contributed by atoms with Crippen molar-refractivity contribution < 1.29 is 24.7 Å². The number of phenols is 1. The van der Waals surface area contributed by atoms with Gasteiger partial charge in [0.1, 0.15) is 18.1 Å². The summed E-state index contributed by atoms with van der Waals surface area (Å²) in [5.74, 6) is -0.155. The fraction of sp³-hybridized carbons (Fsp3) is 0.0500. The second kappa shape index (κ2) is 9.57. The number of phenolic OH excluding ortho intramolecular Hbond substituents is 1. The minimum Gasteiger partial charge on any atom is -0.508 e. The normalized spacial score (nSPS) is 9.63. The van der Waals surface area contributed by atoms with Crippen molar-refractivity contribution in [3.05, 3.63) is 100 Å². The van der Waals surface area contributed by atoms with Crippen LogP contribution in [0.2, 0.25) is 0 Å². The van der Waals surface area contributed by atoms with Gasteiger partial charge < -0.3 is 14.9 Å². The van der Waals surface area contributed by atoms with E-state index in [9.17, 15) is 14.9 Å². The number of hydrogen-bond acceptors (Lipinski definition) is 5. The van der Waals surface area contributed by atoms with E-state index in [0.717, 1.165) is 17.4 Å². The molecule has 138 valence electrons. The zero-order chi connectivity index (χ0) is 19.6. The molecule has 0 bridgehead atoms. The predicted octanol–water partition coefficient (Wildman–Crippen LogP) is 4.26. The van der Waals surface area contributed by atoms with E-state index in [0.29, 0.717) is 6.61 Å². The lowest BCUT2D eigenvalue weighted by atomic mass is 10.2. The Morgan fingerprint density at radius 1 is 0.963 bits per heavy atom. The van der Waals surface area contributed by atoms with Crippen LogP contribution in [-0.4, -0.2) is 21.1 Å². The van der Waals surface area contributed by atoms with Crippen molar-refractivity contribution >= 4 is 11.7 Å². The molecule has 0 aliphatic rings. The molecule has 0 saturated carbocycles. The molecule has 0 aliphatic carbocycles. The molecule has 2 N–H and O–H groups in total. The molecule has 3 aromatic carbocycles. The quantitative estimate of drug-likeness (QED) is 0.515. The lowest BCUT2D eigenvalue weighted by Gasteiger charge is -2.05. The van der Waals surface area contributed by atoms with Crippen molar-refractivity contribution in [2.75, 3.05) is 0 Å². The molecular weight excluding hydrogens is 350 g/mol. The molecule has 0 aromatic heterocycles. The number of carboxylic acid groups (broad SMARTS) is 1. The Hall–Kier alpha value is -3.87. The summed E-state index contributed by atoms with van der Waals surface area (Å²) < 4.78 is 5.54. The van der Waals surface area contributed by atoms with Crippen LogP contribution in [0.4, 0.5) is 5.69 Å². The van der Waals surface area contributed by atoms with Gasteiger partial charge in [-0.3, -0.25) is 10.1 Å². The first kappa shape index (κ1) is 19.5. The molecule has 0 amide bonds. The number of carbonyl (C=O) groups is 1. The van der Waals surface area contributed by atoms with E-state index >= 15 is 0 Å². The Kier molecular flexibility index (Phi) is 6.90. The van der Waals surface area contributed by atoms with Crippen LogP contribution in [0.15, 0.2) is 78.9 Å². The van der Waals surface area contributed by atoms with Gasteiger partial charge in [-0.05, 0) is 35.9 Å². The summed E-state index contributed by atoms with van der Waals surface area (Å²) in [6.07, 6.45) is 0. The summed E-state index contributed by atoms with van der Waals surface area (Å²) in [6, 6.07) is 21.6. The maximum atomic E-state index is 10.4. The van der Waals surface area contributed by atoms with Gasteiger partial charge in [-0.15, -0.1) is 0 Å². The van der Waals surface area contributed by atoms with Gasteiger partial charge in [0.05, 0.1) is 10.5 Å². The van der Waals surface area contributed by atoms with Crippen LogP contribution >= 0.6 is 0 Å². The average molecular weight is 367 g/mol. The third-order valence-electron chi connectivity index (χ3n) is 3.39. The van der Waals surface area contributed by atoms with Gasteiger partial charge in [-0.25, -0.2) is 4.79 Å². The van der Waals surface area contributed by atoms with Crippen molar-refractivity contribution in [2.45, 2.75) is 6.61 Å². The van der Waals surface area contributed by atoms with Crippen LogP contribution in [0.25, 0.3) is 0 Å². The van der Waals surface area contributed by atoms with Gasteiger partial charge in [0.15, 0.2) is 0 Å². The molecule has 0 aliphatic heterocycles. The largest absolute Gasteiger partial charge is 0.508 e. The second-order valence-electron chi connectivity index (χ2n) is 5.38. The number of benzene rings is 3. The first-order valence-corrected chi connectivity index (χ1v) is 7.89. The summed E-state index contributed by atoms with van der Waals surface area (Å²) in [4.78, 5) is 19.9. The number of aromatic carboxylic acids is 1. The van der Waals surface area contributed by atoms with E-state index in [2.05, 4.69) is 0 Å². The van der Waals surface area contributed by atoms with Gasteiger partial charge in [0, 0.05) is 12.1 Å². The Morgan fingerprint density at radius 3 is 2.22 bits per heavy atom. The number of hydrogen-bond donors (Lipinski definition) is 2. The molecule has 0 spiro atoms. The van der Waals surface area contributed by atoms with E-state index in [4.69, 9.17) is 14.9 Å². The van der Waals surface area contributed by atoms with Crippen molar-refractivity contribution in [3.8, 4) is 11.5 Å². The Balaban J connectivity index is 0.000000199. The van der Waals surface area contributed by atoms with Crippen LogP contribution in [-0.2, 0) is 6.61 Å². The molecule has 7 nitrogen and oxygen atoms in total. The maximum absolute atomic E-state index is 10.4. The fourth-order valence-electron chi connectivity index (χ4n) is 2.04. The topological polar surface area (TPSA) is 110 Å². The van der Waals surface area contributed by atoms with E-state index < -0.39 is 10.9 Å². The van der Waals surface area contributed by atoms with Crippen molar-refractivity contribution in [1.82, 2.24) is 0 Å². The number of rotatable bonds is 5. The van der Waals surface area contributed by atoms with Crippen molar-refractivity contribution in [3.63, 3.8) is 0 Å². The number of carboxylic acids is 1. The maximum Gasteiger partial charge on any atom is 0.335 e. The molecular formula is C20H17NO6. The first-order chi connectivity index (χ1) is 13.0. The number of nitrogens with zero attached hydrogens (tertiary/aromatic N) is 1. The number of ether oxygens (including phenoxy) is 1. The predicted molar refractivity (Wildman–Crippen MR) is 98.9 cm³/mol. The number of non-ortho nitro benzene ring substituents is 1. The van der Waals surface area contributed by atoms with E-state index in [-0.39, 0.29) is 17.0 Å². The van der Waals surface area contributed by atoms with Gasteiger partial charge in [0.25, 0.3) is 5.69 Å². The molecule has 0 saturated heterocycles. The van der Waals surface area contributed by atoms with Gasteiger partial charge in [0.2, 0.25) is 0 Å². The summed E-state index contributed by atoms with van der Waals surface area (Å²) in [5, 5.41) is 27.7.